The van der Waals surface area contributed by atoms with Gasteiger partial charge in [-0.3, -0.25) is 0 Å². The molecule has 4 nitrogen and oxygen atoms in total. The monoisotopic (exact) mass is 410 g/mol. The minimum Gasteiger partial charge on any atom is -0.517 e. The lowest BCUT2D eigenvalue weighted by Gasteiger charge is -2.36. The maximum Gasteiger partial charge on any atom is 0.304 e. The summed E-state index contributed by atoms with van der Waals surface area (Å²) in [4.78, 5) is 0. The Labute approximate surface area is 168 Å². The van der Waals surface area contributed by atoms with Gasteiger partial charge >= 0.3 is 5.95 Å². The molecule has 0 atom stereocenters. The fourth-order valence-corrected chi connectivity index (χ4v) is 3.88. The zero-order chi connectivity index (χ0) is 20.7. The summed E-state index contributed by atoms with van der Waals surface area (Å²) >= 11 is 0. The van der Waals surface area contributed by atoms with Gasteiger partial charge in [-0.05, 0) is 43.3 Å². The molecule has 1 aromatic rings. The first-order valence-corrected chi connectivity index (χ1v) is 15.9. The van der Waals surface area contributed by atoms with Crippen molar-refractivity contribution in [1.82, 2.24) is 0 Å². The van der Waals surface area contributed by atoms with Crippen LogP contribution < -0.4 is 0 Å². The van der Waals surface area contributed by atoms with Crippen LogP contribution >= 0.6 is 0 Å². The van der Waals surface area contributed by atoms with Gasteiger partial charge in [0.25, 0.3) is 0 Å². The molecule has 27 heavy (non-hydrogen) atoms. The topological polar surface area (TPSA) is 36.9 Å². The van der Waals surface area contributed by atoms with Gasteiger partial charge in [0, 0.05) is 13.0 Å². The highest BCUT2D eigenvalue weighted by molar-refractivity contribution is 6.74. The number of hydrogen-bond donors (Lipinski definition) is 0. The molecule has 0 bridgehead atoms. The summed E-state index contributed by atoms with van der Waals surface area (Å²) in [6.45, 7) is 18.7. The Kier molecular flexibility index (Phi) is 8.64. The van der Waals surface area contributed by atoms with Crippen LogP contribution in [0, 0.1) is 0 Å². The van der Waals surface area contributed by atoms with Crippen molar-refractivity contribution in [2.75, 3.05) is 13.7 Å². The van der Waals surface area contributed by atoms with Crippen LogP contribution in [0.2, 0.25) is 37.8 Å². The zero-order valence-electron chi connectivity index (χ0n) is 18.6. The van der Waals surface area contributed by atoms with E-state index in [-0.39, 0.29) is 5.04 Å². The molecule has 154 valence electrons. The lowest BCUT2D eigenvalue weighted by molar-refractivity contribution is 0.0843. The van der Waals surface area contributed by atoms with E-state index in [0.29, 0.717) is 25.6 Å². The normalized spacial score (nSPS) is 13.8. The highest BCUT2D eigenvalue weighted by Gasteiger charge is 2.37. The first kappa shape index (κ1) is 23.8. The maximum atomic E-state index is 6.33. The van der Waals surface area contributed by atoms with Crippen molar-refractivity contribution in [3.8, 4) is 0 Å². The third-order valence-electron chi connectivity index (χ3n) is 4.67. The van der Waals surface area contributed by atoms with Crippen LogP contribution in [0.3, 0.4) is 0 Å². The number of methoxy groups -OCH3 is 1. The van der Waals surface area contributed by atoms with Gasteiger partial charge in [0.2, 0.25) is 8.32 Å². The lowest BCUT2D eigenvalue weighted by atomic mass is 10.2. The Morgan fingerprint density at radius 3 is 2.04 bits per heavy atom. The van der Waals surface area contributed by atoms with Gasteiger partial charge in [0.1, 0.15) is 6.61 Å². The maximum absolute atomic E-state index is 6.33. The van der Waals surface area contributed by atoms with Crippen LogP contribution in [0.1, 0.15) is 32.8 Å². The fraction of sp³-hybridized carbons (Fsp3) is 0.619. The minimum atomic E-state index is -1.81. The van der Waals surface area contributed by atoms with Gasteiger partial charge in [-0.1, -0.05) is 51.1 Å². The van der Waals surface area contributed by atoms with Gasteiger partial charge in [-0.2, -0.15) is 0 Å². The molecule has 6 heteroatoms. The third kappa shape index (κ3) is 8.53. The van der Waals surface area contributed by atoms with Gasteiger partial charge < -0.3 is 18.3 Å². The predicted molar refractivity (Wildman–Crippen MR) is 117 cm³/mol. The average Bonchev–Trinajstić information content (AvgIpc) is 2.55. The number of hydrogen-bond acceptors (Lipinski definition) is 4. The van der Waals surface area contributed by atoms with Crippen molar-refractivity contribution in [1.29, 1.82) is 0 Å². The molecule has 1 aromatic carbocycles. The summed E-state index contributed by atoms with van der Waals surface area (Å²) < 4.78 is 24.1. The molecule has 0 aliphatic heterocycles. The summed E-state index contributed by atoms with van der Waals surface area (Å²) in [6, 6.07) is 10.1. The summed E-state index contributed by atoms with van der Waals surface area (Å²) in [7, 11) is -1.98. The van der Waals surface area contributed by atoms with E-state index in [1.807, 2.05) is 18.2 Å². The second kappa shape index (κ2) is 9.80. The highest BCUT2D eigenvalue weighted by Crippen LogP contribution is 2.36. The van der Waals surface area contributed by atoms with E-state index in [1.54, 1.807) is 7.11 Å². The van der Waals surface area contributed by atoms with Crippen molar-refractivity contribution in [3.05, 3.63) is 47.6 Å². The van der Waals surface area contributed by atoms with E-state index < -0.39 is 16.6 Å². The molecule has 0 aromatic heterocycles. The summed E-state index contributed by atoms with van der Waals surface area (Å²) in [5, 5.41) is 0.181. The Bertz CT molecular complexity index is 599. The smallest absolute Gasteiger partial charge is 0.304 e. The molecule has 0 aliphatic rings. The Morgan fingerprint density at radius 2 is 1.56 bits per heavy atom. The number of ether oxygens (including phenoxy) is 2. The van der Waals surface area contributed by atoms with Gasteiger partial charge in [0.05, 0.1) is 7.11 Å². The van der Waals surface area contributed by atoms with Gasteiger partial charge in [-0.15, -0.1) is 0 Å². The standard InChI is InChI=1S/C21H38O4Si2/c1-21(2,3)27(8,9)24-16-15-19(20(22-4)25-26(5,6)7)23-17-18-13-11-10-12-14-18/h10-14H,15-17H2,1-9H3/b20-19+. The molecular formula is C21H38O4Si2. The second-order valence-corrected chi connectivity index (χ2v) is 18.5. The molecule has 0 heterocycles. The Hall–Kier alpha value is -1.25. The van der Waals surface area contributed by atoms with Gasteiger partial charge in [-0.25, -0.2) is 0 Å². The van der Waals surface area contributed by atoms with Crippen molar-refractivity contribution in [3.63, 3.8) is 0 Å². The number of rotatable bonds is 10. The quantitative estimate of drug-likeness (QED) is 0.336. The van der Waals surface area contributed by atoms with Crippen LogP contribution in [0.25, 0.3) is 0 Å². The van der Waals surface area contributed by atoms with Gasteiger partial charge in [0.15, 0.2) is 14.1 Å². The summed E-state index contributed by atoms with van der Waals surface area (Å²) in [5.74, 6) is 1.21. The van der Waals surface area contributed by atoms with E-state index in [1.165, 1.54) is 0 Å². The van der Waals surface area contributed by atoms with Crippen molar-refractivity contribution in [2.45, 2.75) is 71.6 Å². The van der Waals surface area contributed by atoms with Crippen LogP contribution in [0.4, 0.5) is 0 Å². The Balaban J connectivity index is 2.89. The lowest BCUT2D eigenvalue weighted by Crippen LogP contribution is -2.41. The fourth-order valence-electron chi connectivity index (χ4n) is 2.08. The van der Waals surface area contributed by atoms with E-state index >= 15 is 0 Å². The van der Waals surface area contributed by atoms with E-state index in [9.17, 15) is 0 Å². The second-order valence-electron chi connectivity index (χ2n) is 9.26. The molecule has 0 N–H and O–H groups in total. The molecule has 0 fully saturated rings. The first-order valence-electron chi connectivity index (χ1n) is 9.62. The minimum absolute atomic E-state index is 0.181. The Morgan fingerprint density at radius 1 is 0.963 bits per heavy atom. The van der Waals surface area contributed by atoms with E-state index in [2.05, 4.69) is 65.6 Å². The summed E-state index contributed by atoms with van der Waals surface area (Å²) in [6.07, 6.45) is 0.632. The van der Waals surface area contributed by atoms with Crippen LogP contribution in [-0.2, 0) is 24.9 Å². The molecule has 0 saturated carbocycles. The van der Waals surface area contributed by atoms with Crippen molar-refractivity contribution < 1.29 is 18.3 Å². The molecule has 0 amide bonds. The summed E-state index contributed by atoms with van der Waals surface area (Å²) in [5.41, 5.74) is 1.11. The van der Waals surface area contributed by atoms with Crippen LogP contribution in [-0.4, -0.2) is 30.4 Å². The van der Waals surface area contributed by atoms with E-state index in [4.69, 9.17) is 18.3 Å². The molecule has 0 unspecified atom stereocenters. The molecule has 0 saturated heterocycles. The predicted octanol–water partition coefficient (Wildman–Crippen LogP) is 6.28. The molecular weight excluding hydrogens is 372 g/mol. The highest BCUT2D eigenvalue weighted by atomic mass is 28.4. The zero-order valence-corrected chi connectivity index (χ0v) is 20.6. The average molecular weight is 411 g/mol. The van der Waals surface area contributed by atoms with Crippen LogP contribution in [0.15, 0.2) is 42.0 Å². The molecule has 0 aliphatic carbocycles. The number of benzene rings is 1. The molecule has 0 spiro atoms. The molecule has 0 radical (unpaired) electrons. The van der Waals surface area contributed by atoms with E-state index in [0.717, 1.165) is 11.3 Å². The first-order chi connectivity index (χ1) is 12.4. The van der Waals surface area contributed by atoms with Crippen molar-refractivity contribution in [2.24, 2.45) is 0 Å². The third-order valence-corrected chi connectivity index (χ3v) is 10.0. The van der Waals surface area contributed by atoms with Crippen molar-refractivity contribution >= 4 is 16.6 Å². The SMILES string of the molecule is CO/C(O[Si](C)(C)C)=C(/CCO[Si](C)(C)C(C)(C)C)OCc1ccccc1. The largest absolute Gasteiger partial charge is 0.517 e. The van der Waals surface area contributed by atoms with Crippen LogP contribution in [0.5, 0.6) is 0 Å². The molecule has 1 rings (SSSR count).